The Bertz CT molecular complexity index is 1680. The van der Waals surface area contributed by atoms with Gasteiger partial charge in [0.2, 0.25) is 11.8 Å². The van der Waals surface area contributed by atoms with Gasteiger partial charge in [-0.25, -0.2) is 8.42 Å². The van der Waals surface area contributed by atoms with Crippen molar-refractivity contribution in [2.24, 2.45) is 0 Å². The van der Waals surface area contributed by atoms with Crippen LogP contribution in [-0.2, 0) is 32.6 Å². The molecule has 0 saturated carbocycles. The molecule has 0 heterocycles. The number of hydrogen-bond acceptors (Lipinski definition) is 4. The molecule has 4 rings (SSSR count). The summed E-state index contributed by atoms with van der Waals surface area (Å²) in [7, 11) is -4.15. The molecule has 0 spiro atoms. The Morgan fingerprint density at radius 2 is 1.48 bits per heavy atom. The number of hydrogen-bond donors (Lipinski definition) is 1. The lowest BCUT2D eigenvalue weighted by Gasteiger charge is -2.34. The van der Waals surface area contributed by atoms with Gasteiger partial charge in [0.1, 0.15) is 12.6 Å². The molecule has 44 heavy (non-hydrogen) atoms. The molecule has 1 atom stereocenters. The first-order chi connectivity index (χ1) is 21.1. The normalized spacial score (nSPS) is 11.9. The summed E-state index contributed by atoms with van der Waals surface area (Å²) in [6.45, 7) is 5.73. The van der Waals surface area contributed by atoms with Crippen LogP contribution in [0.3, 0.4) is 0 Å². The molecular weight excluding hydrogens is 594 g/mol. The highest BCUT2D eigenvalue weighted by molar-refractivity contribution is 7.92. The smallest absolute Gasteiger partial charge is 0.264 e. The van der Waals surface area contributed by atoms with Crippen molar-refractivity contribution in [1.82, 2.24) is 10.2 Å². The minimum Gasteiger partial charge on any atom is -0.354 e. The van der Waals surface area contributed by atoms with Crippen LogP contribution in [0.5, 0.6) is 0 Å². The molecule has 0 unspecified atom stereocenters. The zero-order valence-electron chi connectivity index (χ0n) is 25.2. The first-order valence-electron chi connectivity index (χ1n) is 14.6. The quantitative estimate of drug-likeness (QED) is 0.187. The van der Waals surface area contributed by atoms with E-state index in [9.17, 15) is 18.0 Å². The highest BCUT2D eigenvalue weighted by Crippen LogP contribution is 2.27. The number of carbonyl (C=O) groups is 2. The summed E-state index contributed by atoms with van der Waals surface area (Å²) in [6, 6.07) is 29.0. The third-order valence-corrected chi connectivity index (χ3v) is 9.66. The molecule has 7 nitrogen and oxygen atoms in total. The van der Waals surface area contributed by atoms with E-state index in [-0.39, 0.29) is 23.8 Å². The summed E-state index contributed by atoms with van der Waals surface area (Å²) in [5.74, 6) is -0.852. The van der Waals surface area contributed by atoms with Gasteiger partial charge in [0.15, 0.2) is 0 Å². The Kier molecular flexibility index (Phi) is 11.2. The highest BCUT2D eigenvalue weighted by atomic mass is 35.5. The second-order valence-electron chi connectivity index (χ2n) is 10.7. The fraction of sp³-hybridized carbons (Fsp3) is 0.257. The average Bonchev–Trinajstić information content (AvgIpc) is 3.03. The van der Waals surface area contributed by atoms with E-state index >= 15 is 0 Å². The number of nitrogens with zero attached hydrogens (tertiary/aromatic N) is 2. The van der Waals surface area contributed by atoms with Crippen molar-refractivity contribution in [1.29, 1.82) is 0 Å². The maximum Gasteiger partial charge on any atom is 0.264 e. The number of carbonyl (C=O) groups excluding carboxylic acids is 2. The van der Waals surface area contributed by atoms with E-state index in [4.69, 9.17) is 11.6 Å². The summed E-state index contributed by atoms with van der Waals surface area (Å²) in [5, 5.41) is 3.39. The van der Waals surface area contributed by atoms with E-state index in [1.807, 2.05) is 63.2 Å². The highest BCUT2D eigenvalue weighted by Gasteiger charge is 2.34. The maximum atomic E-state index is 14.5. The fourth-order valence-electron chi connectivity index (χ4n) is 4.86. The van der Waals surface area contributed by atoms with Gasteiger partial charge in [-0.3, -0.25) is 13.9 Å². The molecule has 2 amide bonds. The van der Waals surface area contributed by atoms with Gasteiger partial charge in [-0.2, -0.15) is 0 Å². The van der Waals surface area contributed by atoms with E-state index in [0.717, 1.165) is 27.4 Å². The molecule has 0 aromatic heterocycles. The second kappa shape index (κ2) is 15.0. The Balaban J connectivity index is 1.81. The number of anilines is 1. The van der Waals surface area contributed by atoms with Crippen molar-refractivity contribution < 1.29 is 18.0 Å². The zero-order valence-corrected chi connectivity index (χ0v) is 26.8. The van der Waals surface area contributed by atoms with Gasteiger partial charge in [0.05, 0.1) is 10.6 Å². The van der Waals surface area contributed by atoms with Crippen molar-refractivity contribution in [3.05, 3.63) is 130 Å². The molecule has 0 radical (unpaired) electrons. The van der Waals surface area contributed by atoms with E-state index in [2.05, 4.69) is 5.32 Å². The minimum absolute atomic E-state index is 0.0156. The standard InChI is InChI=1S/C35H38ClN3O4S/c1-4-21-37-35(41)33(23-28-13-7-5-8-14-28)38(24-29-15-11-12-18-32(29)36)34(40)25-39(30-20-19-26(2)27(3)22-30)44(42,43)31-16-9-6-10-17-31/h5-20,22,33H,4,21,23-25H2,1-3H3,(H,37,41)/t33-/m0/s1. The summed E-state index contributed by atoms with van der Waals surface area (Å²) in [5.41, 5.74) is 3.75. The van der Waals surface area contributed by atoms with E-state index in [1.54, 1.807) is 48.5 Å². The van der Waals surface area contributed by atoms with Gasteiger partial charge in [-0.15, -0.1) is 0 Å². The summed E-state index contributed by atoms with van der Waals surface area (Å²) >= 11 is 6.54. The summed E-state index contributed by atoms with van der Waals surface area (Å²) in [4.78, 5) is 29.7. The van der Waals surface area contributed by atoms with Crippen molar-refractivity contribution in [2.45, 2.75) is 51.1 Å². The zero-order chi connectivity index (χ0) is 31.7. The van der Waals surface area contributed by atoms with Crippen molar-refractivity contribution in [3.63, 3.8) is 0 Å². The molecule has 230 valence electrons. The van der Waals surface area contributed by atoms with Crippen LogP contribution >= 0.6 is 11.6 Å². The molecule has 0 saturated heterocycles. The molecule has 0 fully saturated rings. The van der Waals surface area contributed by atoms with E-state index in [0.29, 0.717) is 22.8 Å². The monoisotopic (exact) mass is 631 g/mol. The maximum absolute atomic E-state index is 14.5. The average molecular weight is 632 g/mol. The van der Waals surface area contributed by atoms with Crippen LogP contribution in [0, 0.1) is 13.8 Å². The van der Waals surface area contributed by atoms with E-state index < -0.39 is 28.5 Å². The summed E-state index contributed by atoms with van der Waals surface area (Å²) < 4.78 is 29.3. The van der Waals surface area contributed by atoms with Crippen LogP contribution in [0.1, 0.15) is 35.6 Å². The molecular formula is C35H38ClN3O4S. The van der Waals surface area contributed by atoms with Gasteiger partial charge < -0.3 is 10.2 Å². The molecule has 0 aliphatic rings. The molecule has 1 N–H and O–H groups in total. The number of rotatable bonds is 13. The lowest BCUT2D eigenvalue weighted by molar-refractivity contribution is -0.140. The fourth-order valence-corrected chi connectivity index (χ4v) is 6.48. The van der Waals surface area contributed by atoms with Crippen LogP contribution in [0.2, 0.25) is 5.02 Å². The molecule has 4 aromatic carbocycles. The van der Waals surface area contributed by atoms with Gasteiger partial charge >= 0.3 is 0 Å². The van der Waals surface area contributed by atoms with Crippen LogP contribution in [0.4, 0.5) is 5.69 Å². The first-order valence-corrected chi connectivity index (χ1v) is 16.4. The van der Waals surface area contributed by atoms with Gasteiger partial charge in [0.25, 0.3) is 10.0 Å². The number of nitrogens with one attached hydrogen (secondary N) is 1. The van der Waals surface area contributed by atoms with Gasteiger partial charge in [-0.1, -0.05) is 91.3 Å². The number of aryl methyl sites for hydroxylation is 2. The largest absolute Gasteiger partial charge is 0.354 e. The number of benzene rings is 4. The third-order valence-electron chi connectivity index (χ3n) is 7.51. The molecule has 4 aromatic rings. The number of amides is 2. The SMILES string of the molecule is CCCNC(=O)[C@H](Cc1ccccc1)N(Cc1ccccc1Cl)C(=O)CN(c1ccc(C)c(C)c1)S(=O)(=O)c1ccccc1. The number of sulfonamides is 1. The lowest BCUT2D eigenvalue weighted by Crippen LogP contribution is -2.53. The Morgan fingerprint density at radius 3 is 2.11 bits per heavy atom. The lowest BCUT2D eigenvalue weighted by atomic mass is 10.0. The molecule has 0 bridgehead atoms. The van der Waals surface area contributed by atoms with Crippen molar-refractivity contribution in [3.8, 4) is 0 Å². The molecule has 9 heteroatoms. The predicted molar refractivity (Wildman–Crippen MR) is 176 cm³/mol. The van der Waals surface area contributed by atoms with Crippen molar-refractivity contribution >= 4 is 39.1 Å². The van der Waals surface area contributed by atoms with Gasteiger partial charge in [-0.05, 0) is 72.9 Å². The number of halogens is 1. The van der Waals surface area contributed by atoms with E-state index in [1.165, 1.54) is 17.0 Å². The van der Waals surface area contributed by atoms with Crippen LogP contribution in [-0.4, -0.2) is 44.3 Å². The first kappa shape index (κ1) is 32.8. The van der Waals surface area contributed by atoms with Crippen LogP contribution in [0.15, 0.2) is 108 Å². The minimum atomic E-state index is -4.15. The Hall–Kier alpha value is -4.14. The summed E-state index contributed by atoms with van der Waals surface area (Å²) in [6.07, 6.45) is 0.958. The Labute approximate surface area is 265 Å². The topological polar surface area (TPSA) is 86.8 Å². The Morgan fingerprint density at radius 1 is 0.841 bits per heavy atom. The molecule has 0 aliphatic heterocycles. The second-order valence-corrected chi connectivity index (χ2v) is 13.0. The third kappa shape index (κ3) is 8.07. The van der Waals surface area contributed by atoms with Crippen LogP contribution < -0.4 is 9.62 Å². The van der Waals surface area contributed by atoms with Gasteiger partial charge in [0, 0.05) is 24.5 Å². The predicted octanol–water partition coefficient (Wildman–Crippen LogP) is 6.32. The van der Waals surface area contributed by atoms with Crippen molar-refractivity contribution in [2.75, 3.05) is 17.4 Å². The van der Waals surface area contributed by atoms with Crippen LogP contribution in [0.25, 0.3) is 0 Å². The molecule has 0 aliphatic carbocycles.